The second kappa shape index (κ2) is 6.44. The monoisotopic (exact) mass is 283 g/mol. The Morgan fingerprint density at radius 3 is 2.95 bits per heavy atom. The van der Waals surface area contributed by atoms with Crippen molar-refractivity contribution < 1.29 is 0 Å². The number of pyridine rings is 1. The van der Waals surface area contributed by atoms with Gasteiger partial charge < -0.3 is 10.2 Å². The number of fused-ring (bicyclic) bond motifs is 1. The summed E-state index contributed by atoms with van der Waals surface area (Å²) in [5.41, 5.74) is 2.48. The van der Waals surface area contributed by atoms with Crippen LogP contribution in [0.15, 0.2) is 30.3 Å². The fourth-order valence-corrected chi connectivity index (χ4v) is 3.35. The van der Waals surface area contributed by atoms with Gasteiger partial charge in [-0.3, -0.25) is 0 Å². The van der Waals surface area contributed by atoms with E-state index in [-0.39, 0.29) is 0 Å². The number of nitrogens with one attached hydrogen (secondary N) is 1. The Morgan fingerprint density at radius 2 is 2.14 bits per heavy atom. The van der Waals surface area contributed by atoms with E-state index in [2.05, 4.69) is 54.4 Å². The summed E-state index contributed by atoms with van der Waals surface area (Å²) in [6.45, 7) is 7.48. The van der Waals surface area contributed by atoms with Crippen molar-refractivity contribution in [2.45, 2.75) is 45.7 Å². The van der Waals surface area contributed by atoms with E-state index in [1.54, 1.807) is 0 Å². The second-order valence-electron chi connectivity index (χ2n) is 5.83. The Kier molecular flexibility index (Phi) is 4.39. The third-order valence-electron chi connectivity index (χ3n) is 4.50. The lowest BCUT2D eigenvalue weighted by atomic mass is 10.1. The van der Waals surface area contributed by atoms with Crippen molar-refractivity contribution in [2.75, 3.05) is 18.0 Å². The minimum absolute atomic E-state index is 0.658. The van der Waals surface area contributed by atoms with Crippen LogP contribution in [-0.4, -0.2) is 24.1 Å². The van der Waals surface area contributed by atoms with Crippen molar-refractivity contribution in [3.8, 4) is 0 Å². The lowest BCUT2D eigenvalue weighted by Crippen LogP contribution is -2.29. The third-order valence-corrected chi connectivity index (χ3v) is 4.50. The van der Waals surface area contributed by atoms with Crippen molar-refractivity contribution in [2.24, 2.45) is 0 Å². The summed E-state index contributed by atoms with van der Waals surface area (Å²) in [5.74, 6) is 1.16. The first-order chi connectivity index (χ1) is 10.3. The molecule has 21 heavy (non-hydrogen) atoms. The van der Waals surface area contributed by atoms with E-state index in [4.69, 9.17) is 4.98 Å². The molecule has 0 bridgehead atoms. The van der Waals surface area contributed by atoms with Gasteiger partial charge in [0.15, 0.2) is 0 Å². The predicted molar refractivity (Wildman–Crippen MR) is 89.8 cm³/mol. The summed E-state index contributed by atoms with van der Waals surface area (Å²) in [6, 6.07) is 11.4. The largest absolute Gasteiger partial charge is 0.354 e. The van der Waals surface area contributed by atoms with Gasteiger partial charge in [-0.1, -0.05) is 32.0 Å². The summed E-state index contributed by atoms with van der Waals surface area (Å²) in [4.78, 5) is 7.42. The Balaban J connectivity index is 2.02. The number of hydrogen-bond acceptors (Lipinski definition) is 3. The molecule has 0 saturated carbocycles. The van der Waals surface area contributed by atoms with Crippen LogP contribution in [0, 0.1) is 0 Å². The van der Waals surface area contributed by atoms with E-state index in [1.165, 1.54) is 30.2 Å². The Bertz CT molecular complexity index is 608. The molecule has 1 aliphatic rings. The molecule has 2 aromatic rings. The van der Waals surface area contributed by atoms with Gasteiger partial charge in [0.25, 0.3) is 0 Å². The molecule has 3 heteroatoms. The first-order valence-electron chi connectivity index (χ1n) is 8.19. The Hall–Kier alpha value is -1.61. The summed E-state index contributed by atoms with van der Waals surface area (Å²) < 4.78 is 0. The van der Waals surface area contributed by atoms with Crippen LogP contribution in [0.4, 0.5) is 5.82 Å². The number of benzene rings is 1. The van der Waals surface area contributed by atoms with E-state index in [9.17, 15) is 0 Å². The van der Waals surface area contributed by atoms with Crippen molar-refractivity contribution in [1.82, 2.24) is 10.3 Å². The van der Waals surface area contributed by atoms with Gasteiger partial charge in [-0.25, -0.2) is 4.98 Å². The molecule has 1 aromatic heterocycles. The molecule has 0 spiro atoms. The molecule has 1 unspecified atom stereocenters. The van der Waals surface area contributed by atoms with Gasteiger partial charge in [0.05, 0.1) is 5.52 Å². The minimum Gasteiger partial charge on any atom is -0.354 e. The highest BCUT2D eigenvalue weighted by molar-refractivity contribution is 5.84. The zero-order chi connectivity index (χ0) is 14.7. The topological polar surface area (TPSA) is 28.2 Å². The molecule has 0 amide bonds. The van der Waals surface area contributed by atoms with Gasteiger partial charge in [-0.15, -0.1) is 0 Å². The lowest BCUT2D eigenvalue weighted by Gasteiger charge is -2.26. The molecule has 1 N–H and O–H groups in total. The summed E-state index contributed by atoms with van der Waals surface area (Å²) in [5, 5.41) is 4.73. The molecule has 112 valence electrons. The van der Waals surface area contributed by atoms with Crippen LogP contribution >= 0.6 is 0 Å². The molecular weight excluding hydrogens is 258 g/mol. The van der Waals surface area contributed by atoms with Gasteiger partial charge >= 0.3 is 0 Å². The first kappa shape index (κ1) is 14.3. The van der Waals surface area contributed by atoms with Crippen LogP contribution in [0.25, 0.3) is 10.9 Å². The number of anilines is 1. The second-order valence-corrected chi connectivity index (χ2v) is 5.83. The van der Waals surface area contributed by atoms with Crippen LogP contribution in [0.1, 0.15) is 38.7 Å². The summed E-state index contributed by atoms with van der Waals surface area (Å²) >= 11 is 0. The number of aromatic nitrogens is 1. The average molecular weight is 283 g/mol. The molecule has 0 radical (unpaired) electrons. The average Bonchev–Trinajstić information content (AvgIpc) is 3.01. The molecular formula is C18H25N3. The van der Waals surface area contributed by atoms with Gasteiger partial charge in [-0.2, -0.15) is 0 Å². The van der Waals surface area contributed by atoms with Crippen LogP contribution in [0.3, 0.4) is 0 Å². The maximum Gasteiger partial charge on any atom is 0.129 e. The fourth-order valence-electron chi connectivity index (χ4n) is 3.35. The van der Waals surface area contributed by atoms with Crippen molar-refractivity contribution in [3.05, 3.63) is 35.9 Å². The maximum atomic E-state index is 4.92. The molecule has 0 aliphatic carbocycles. The highest BCUT2D eigenvalue weighted by Gasteiger charge is 2.24. The summed E-state index contributed by atoms with van der Waals surface area (Å²) in [6.07, 6.45) is 3.79. The molecule has 2 heterocycles. The van der Waals surface area contributed by atoms with Crippen LogP contribution in [-0.2, 0) is 6.54 Å². The molecule has 1 aromatic carbocycles. The van der Waals surface area contributed by atoms with Crippen LogP contribution in [0.2, 0.25) is 0 Å². The van der Waals surface area contributed by atoms with Crippen molar-refractivity contribution in [3.63, 3.8) is 0 Å². The standard InChI is InChI=1S/C18H25N3/c1-3-15-8-7-11-21(15)18-12-14(13-19-4-2)16-9-5-6-10-17(16)20-18/h5-6,9-10,12,15,19H,3-4,7-8,11,13H2,1-2H3. The smallest absolute Gasteiger partial charge is 0.129 e. The van der Waals surface area contributed by atoms with E-state index < -0.39 is 0 Å². The molecule has 1 saturated heterocycles. The molecule has 1 aliphatic heterocycles. The Labute approximate surface area is 127 Å². The van der Waals surface area contributed by atoms with Gasteiger partial charge in [-0.05, 0) is 43.5 Å². The van der Waals surface area contributed by atoms with Crippen molar-refractivity contribution in [1.29, 1.82) is 0 Å². The van der Waals surface area contributed by atoms with E-state index in [0.717, 1.165) is 31.0 Å². The SMILES string of the molecule is CCNCc1cc(N2CCCC2CC)nc2ccccc12. The lowest BCUT2D eigenvalue weighted by molar-refractivity contribution is 0.640. The van der Waals surface area contributed by atoms with Gasteiger partial charge in [0.2, 0.25) is 0 Å². The van der Waals surface area contributed by atoms with Gasteiger partial charge in [0, 0.05) is 24.5 Å². The molecule has 1 fully saturated rings. The van der Waals surface area contributed by atoms with E-state index >= 15 is 0 Å². The zero-order valence-corrected chi connectivity index (χ0v) is 13.1. The molecule has 3 nitrogen and oxygen atoms in total. The molecule has 1 atom stereocenters. The van der Waals surface area contributed by atoms with Gasteiger partial charge in [0.1, 0.15) is 5.82 Å². The fraction of sp³-hybridized carbons (Fsp3) is 0.500. The number of hydrogen-bond donors (Lipinski definition) is 1. The third kappa shape index (κ3) is 2.88. The number of para-hydroxylation sites is 1. The van der Waals surface area contributed by atoms with Crippen LogP contribution in [0.5, 0.6) is 0 Å². The highest BCUT2D eigenvalue weighted by Crippen LogP contribution is 2.29. The summed E-state index contributed by atoms with van der Waals surface area (Å²) in [7, 11) is 0. The number of nitrogens with zero attached hydrogens (tertiary/aromatic N) is 2. The normalized spacial score (nSPS) is 18.6. The first-order valence-corrected chi connectivity index (χ1v) is 8.19. The predicted octanol–water partition coefficient (Wildman–Crippen LogP) is 3.72. The number of rotatable bonds is 5. The van der Waals surface area contributed by atoms with E-state index in [1.807, 2.05) is 0 Å². The molecule has 3 rings (SSSR count). The van der Waals surface area contributed by atoms with E-state index in [0.29, 0.717) is 6.04 Å². The Morgan fingerprint density at radius 1 is 1.29 bits per heavy atom. The maximum absolute atomic E-state index is 4.92. The van der Waals surface area contributed by atoms with Crippen molar-refractivity contribution >= 4 is 16.7 Å². The zero-order valence-electron chi connectivity index (χ0n) is 13.1. The quantitative estimate of drug-likeness (QED) is 0.906. The van der Waals surface area contributed by atoms with Crippen LogP contribution < -0.4 is 10.2 Å². The minimum atomic E-state index is 0.658. The highest BCUT2D eigenvalue weighted by atomic mass is 15.2.